The van der Waals surface area contributed by atoms with Crippen molar-refractivity contribution in [1.29, 1.82) is 0 Å². The minimum atomic E-state index is 0.300. The minimum absolute atomic E-state index is 0.300. The maximum Gasteiger partial charge on any atom is 0.222 e. The number of ether oxygens (including phenoxy) is 1. The Labute approximate surface area is 190 Å². The summed E-state index contributed by atoms with van der Waals surface area (Å²) in [7, 11) is 0. The Kier molecular flexibility index (Phi) is 14.0. The molecule has 1 aromatic carbocycles. The normalized spacial score (nSPS) is 14.9. The number of amides is 1. The smallest absolute Gasteiger partial charge is 0.222 e. The van der Waals surface area contributed by atoms with Crippen LogP contribution in [0.5, 0.6) is 0 Å². The fraction of sp³-hybridized carbons (Fsp3) is 0.667. The maximum absolute atomic E-state index is 12.9. The molecule has 4 heteroatoms. The first kappa shape index (κ1) is 25.6. The number of hydrogen-bond acceptors (Lipinski definition) is 3. The third kappa shape index (κ3) is 12.1. The van der Waals surface area contributed by atoms with Gasteiger partial charge in [-0.2, -0.15) is 0 Å². The van der Waals surface area contributed by atoms with Gasteiger partial charge in [-0.3, -0.25) is 9.69 Å². The van der Waals surface area contributed by atoms with Crippen LogP contribution in [0.3, 0.4) is 0 Å². The van der Waals surface area contributed by atoms with Gasteiger partial charge in [0, 0.05) is 39.1 Å². The SMILES string of the molecule is CCCCCCCCCCCC(=O)N(CC=Cc1ccccc1)CCN1CCOCC1. The summed E-state index contributed by atoms with van der Waals surface area (Å²) >= 11 is 0. The molecule has 0 atom stereocenters. The zero-order valence-corrected chi connectivity index (χ0v) is 19.8. The van der Waals surface area contributed by atoms with E-state index in [1.54, 1.807) is 0 Å². The molecule has 1 aliphatic rings. The summed E-state index contributed by atoms with van der Waals surface area (Å²) in [5, 5.41) is 0. The number of nitrogens with zero attached hydrogens (tertiary/aromatic N) is 2. The van der Waals surface area contributed by atoms with Crippen LogP contribution in [0.2, 0.25) is 0 Å². The molecule has 0 aromatic heterocycles. The molecule has 1 fully saturated rings. The second kappa shape index (κ2) is 17.0. The van der Waals surface area contributed by atoms with E-state index in [9.17, 15) is 4.79 Å². The molecule has 0 unspecified atom stereocenters. The van der Waals surface area contributed by atoms with Gasteiger partial charge in [-0.15, -0.1) is 0 Å². The molecular formula is C27H44N2O2. The van der Waals surface area contributed by atoms with E-state index in [-0.39, 0.29) is 0 Å². The van der Waals surface area contributed by atoms with Crippen LogP contribution in [0.4, 0.5) is 0 Å². The van der Waals surface area contributed by atoms with E-state index in [2.05, 4.69) is 36.1 Å². The molecule has 0 N–H and O–H groups in total. The molecule has 4 nitrogen and oxygen atoms in total. The Morgan fingerprint density at radius 2 is 1.61 bits per heavy atom. The number of morpholine rings is 1. The molecule has 1 saturated heterocycles. The van der Waals surface area contributed by atoms with Crippen molar-refractivity contribution in [2.45, 2.75) is 71.1 Å². The van der Waals surface area contributed by atoms with Crippen molar-refractivity contribution in [3.63, 3.8) is 0 Å². The monoisotopic (exact) mass is 428 g/mol. The molecule has 0 bridgehead atoms. The highest BCUT2D eigenvalue weighted by Gasteiger charge is 2.15. The highest BCUT2D eigenvalue weighted by Crippen LogP contribution is 2.12. The largest absolute Gasteiger partial charge is 0.379 e. The van der Waals surface area contributed by atoms with Crippen LogP contribution in [0.15, 0.2) is 36.4 Å². The Morgan fingerprint density at radius 3 is 2.29 bits per heavy atom. The summed E-state index contributed by atoms with van der Waals surface area (Å²) in [6.07, 6.45) is 16.5. The highest BCUT2D eigenvalue weighted by atomic mass is 16.5. The van der Waals surface area contributed by atoms with E-state index < -0.39 is 0 Å². The fourth-order valence-electron chi connectivity index (χ4n) is 4.03. The van der Waals surface area contributed by atoms with Gasteiger partial charge in [0.05, 0.1) is 13.2 Å². The lowest BCUT2D eigenvalue weighted by atomic mass is 10.1. The number of hydrogen-bond donors (Lipinski definition) is 0. The third-order valence-corrected chi connectivity index (χ3v) is 6.07. The Balaban J connectivity index is 1.70. The number of rotatable bonds is 16. The molecule has 1 aliphatic heterocycles. The zero-order chi connectivity index (χ0) is 22.0. The fourth-order valence-corrected chi connectivity index (χ4v) is 4.03. The average Bonchev–Trinajstić information content (AvgIpc) is 2.81. The predicted molar refractivity (Wildman–Crippen MR) is 131 cm³/mol. The van der Waals surface area contributed by atoms with Gasteiger partial charge in [0.2, 0.25) is 5.91 Å². The summed E-state index contributed by atoms with van der Waals surface area (Å²) < 4.78 is 5.45. The molecule has 0 saturated carbocycles. The highest BCUT2D eigenvalue weighted by molar-refractivity contribution is 5.76. The van der Waals surface area contributed by atoms with Crippen LogP contribution in [-0.2, 0) is 9.53 Å². The minimum Gasteiger partial charge on any atom is -0.379 e. The lowest BCUT2D eigenvalue weighted by molar-refractivity contribution is -0.131. The number of benzene rings is 1. The van der Waals surface area contributed by atoms with Crippen LogP contribution in [0.25, 0.3) is 6.08 Å². The van der Waals surface area contributed by atoms with Crippen molar-refractivity contribution < 1.29 is 9.53 Å². The third-order valence-electron chi connectivity index (χ3n) is 6.07. The summed E-state index contributed by atoms with van der Waals surface area (Å²) in [5.74, 6) is 0.300. The lowest BCUT2D eigenvalue weighted by Crippen LogP contribution is -2.43. The number of carbonyl (C=O) groups excluding carboxylic acids is 1. The van der Waals surface area contributed by atoms with Crippen molar-refractivity contribution in [2.24, 2.45) is 0 Å². The molecule has 174 valence electrons. The molecule has 31 heavy (non-hydrogen) atoms. The first-order valence-corrected chi connectivity index (χ1v) is 12.6. The molecule has 1 aromatic rings. The average molecular weight is 429 g/mol. The summed E-state index contributed by atoms with van der Waals surface area (Å²) in [5.41, 5.74) is 1.18. The molecule has 1 heterocycles. The van der Waals surface area contributed by atoms with Gasteiger partial charge in [0.25, 0.3) is 0 Å². The maximum atomic E-state index is 12.9. The van der Waals surface area contributed by atoms with E-state index in [0.29, 0.717) is 18.9 Å². The molecule has 0 spiro atoms. The zero-order valence-electron chi connectivity index (χ0n) is 19.8. The van der Waals surface area contributed by atoms with Crippen molar-refractivity contribution in [1.82, 2.24) is 9.80 Å². The molecule has 0 radical (unpaired) electrons. The van der Waals surface area contributed by atoms with E-state index in [4.69, 9.17) is 4.74 Å². The van der Waals surface area contributed by atoms with Crippen LogP contribution >= 0.6 is 0 Å². The lowest BCUT2D eigenvalue weighted by Gasteiger charge is -2.29. The van der Waals surface area contributed by atoms with E-state index in [1.807, 2.05) is 23.1 Å². The van der Waals surface area contributed by atoms with Gasteiger partial charge in [-0.1, -0.05) is 101 Å². The van der Waals surface area contributed by atoms with Gasteiger partial charge in [-0.25, -0.2) is 0 Å². The van der Waals surface area contributed by atoms with Gasteiger partial charge in [0.1, 0.15) is 0 Å². The Hall–Kier alpha value is -1.65. The van der Waals surface area contributed by atoms with Gasteiger partial charge >= 0.3 is 0 Å². The van der Waals surface area contributed by atoms with E-state index in [1.165, 1.54) is 56.9 Å². The molecular weight excluding hydrogens is 384 g/mol. The van der Waals surface area contributed by atoms with Gasteiger partial charge in [-0.05, 0) is 12.0 Å². The van der Waals surface area contributed by atoms with Crippen molar-refractivity contribution in [3.8, 4) is 0 Å². The topological polar surface area (TPSA) is 32.8 Å². The number of carbonyl (C=O) groups is 1. The molecule has 1 amide bonds. The van der Waals surface area contributed by atoms with Crippen molar-refractivity contribution >= 4 is 12.0 Å². The van der Waals surface area contributed by atoms with E-state index >= 15 is 0 Å². The van der Waals surface area contributed by atoms with E-state index in [0.717, 1.165) is 45.8 Å². The second-order valence-corrected chi connectivity index (χ2v) is 8.69. The Bertz CT molecular complexity index is 597. The van der Waals surface area contributed by atoms with Crippen LogP contribution in [-0.4, -0.2) is 61.6 Å². The van der Waals surface area contributed by atoms with Crippen LogP contribution in [0.1, 0.15) is 76.7 Å². The Morgan fingerprint density at radius 1 is 0.968 bits per heavy atom. The first-order valence-electron chi connectivity index (χ1n) is 12.6. The summed E-state index contributed by atoms with van der Waals surface area (Å²) in [6.45, 7) is 8.25. The van der Waals surface area contributed by atoms with Crippen molar-refractivity contribution in [2.75, 3.05) is 45.9 Å². The predicted octanol–water partition coefficient (Wildman–Crippen LogP) is 5.78. The second-order valence-electron chi connectivity index (χ2n) is 8.69. The first-order chi connectivity index (χ1) is 15.3. The number of unbranched alkanes of at least 4 members (excludes halogenated alkanes) is 8. The van der Waals surface area contributed by atoms with Gasteiger partial charge in [0.15, 0.2) is 0 Å². The molecule has 0 aliphatic carbocycles. The summed E-state index contributed by atoms with van der Waals surface area (Å²) in [6, 6.07) is 10.3. The quantitative estimate of drug-likeness (QED) is 0.313. The molecule has 2 rings (SSSR count). The van der Waals surface area contributed by atoms with Crippen LogP contribution < -0.4 is 0 Å². The standard InChI is InChI=1S/C27H44N2O2/c1-2-3-4-5-6-7-8-9-13-18-27(30)29(21-20-28-22-24-31-25-23-28)19-14-17-26-15-11-10-12-16-26/h10-12,14-17H,2-9,13,18-25H2,1H3. The van der Waals surface area contributed by atoms with Gasteiger partial charge < -0.3 is 9.64 Å². The summed E-state index contributed by atoms with van der Waals surface area (Å²) in [4.78, 5) is 17.4. The van der Waals surface area contributed by atoms with Crippen molar-refractivity contribution in [3.05, 3.63) is 42.0 Å². The van der Waals surface area contributed by atoms with Crippen LogP contribution in [0, 0.1) is 0 Å².